The number of aryl methyl sites for hydroxylation is 2. The quantitative estimate of drug-likeness (QED) is 0.716. The first-order chi connectivity index (χ1) is 12.0. The number of amides is 1. The average molecular weight is 333 g/mol. The van der Waals surface area contributed by atoms with E-state index in [9.17, 15) is 4.79 Å². The Kier molecular flexibility index (Phi) is 3.83. The van der Waals surface area contributed by atoms with Gasteiger partial charge in [-0.15, -0.1) is 0 Å². The number of hydrogen-bond donors (Lipinski definition) is 0. The topological polar surface area (TPSA) is 38.1 Å². The van der Waals surface area contributed by atoms with E-state index in [-0.39, 0.29) is 11.9 Å². The molecule has 0 aliphatic heterocycles. The van der Waals surface area contributed by atoms with Gasteiger partial charge in [0, 0.05) is 13.1 Å². The second kappa shape index (κ2) is 6.03. The van der Waals surface area contributed by atoms with Crippen LogP contribution in [0.15, 0.2) is 48.5 Å². The van der Waals surface area contributed by atoms with E-state index in [1.54, 1.807) is 4.68 Å². The van der Waals surface area contributed by atoms with Crippen LogP contribution in [0.5, 0.6) is 0 Å². The van der Waals surface area contributed by atoms with Crippen molar-refractivity contribution in [2.45, 2.75) is 38.8 Å². The third kappa shape index (κ3) is 2.93. The number of carbonyl (C=O) groups excluding carboxylic acids is 1. The first kappa shape index (κ1) is 15.9. The Labute approximate surface area is 148 Å². The van der Waals surface area contributed by atoms with Gasteiger partial charge in [0.15, 0.2) is 0 Å². The zero-order chi connectivity index (χ0) is 17.6. The third-order valence-corrected chi connectivity index (χ3v) is 5.07. The van der Waals surface area contributed by atoms with E-state index in [0.29, 0.717) is 11.7 Å². The third-order valence-electron chi connectivity index (χ3n) is 5.07. The molecule has 1 fully saturated rings. The minimum absolute atomic E-state index is 0.0415. The second-order valence-electron chi connectivity index (χ2n) is 7.02. The molecule has 0 bridgehead atoms. The van der Waals surface area contributed by atoms with Gasteiger partial charge in [-0.05, 0) is 55.2 Å². The fourth-order valence-corrected chi connectivity index (χ4v) is 3.58. The normalized spacial score (nSPS) is 15.3. The van der Waals surface area contributed by atoms with Crippen molar-refractivity contribution < 1.29 is 4.79 Å². The second-order valence-corrected chi connectivity index (χ2v) is 7.02. The van der Waals surface area contributed by atoms with E-state index in [1.165, 1.54) is 16.3 Å². The highest BCUT2D eigenvalue weighted by Gasteiger charge is 2.37. The summed E-state index contributed by atoms with van der Waals surface area (Å²) >= 11 is 0. The van der Waals surface area contributed by atoms with E-state index in [0.717, 1.165) is 18.5 Å². The Morgan fingerprint density at radius 2 is 1.88 bits per heavy atom. The maximum atomic E-state index is 13.2. The number of carbonyl (C=O) groups is 1. The molecule has 2 aromatic carbocycles. The van der Waals surface area contributed by atoms with E-state index < -0.39 is 0 Å². The van der Waals surface area contributed by atoms with Crippen LogP contribution in [0.2, 0.25) is 0 Å². The van der Waals surface area contributed by atoms with Crippen molar-refractivity contribution in [1.82, 2.24) is 14.7 Å². The van der Waals surface area contributed by atoms with Gasteiger partial charge < -0.3 is 4.90 Å². The maximum absolute atomic E-state index is 13.2. The molecule has 4 rings (SSSR count). The molecular formula is C21H23N3O. The molecule has 3 aromatic rings. The van der Waals surface area contributed by atoms with E-state index in [2.05, 4.69) is 54.5 Å². The molecule has 25 heavy (non-hydrogen) atoms. The fourth-order valence-electron chi connectivity index (χ4n) is 3.58. The average Bonchev–Trinajstić information content (AvgIpc) is 3.38. The Balaban J connectivity index is 1.70. The predicted octanol–water partition coefficient (Wildman–Crippen LogP) is 4.25. The predicted molar refractivity (Wildman–Crippen MR) is 99.5 cm³/mol. The van der Waals surface area contributed by atoms with Crippen molar-refractivity contribution in [1.29, 1.82) is 0 Å². The van der Waals surface area contributed by atoms with Crippen LogP contribution in [0.1, 0.15) is 47.6 Å². The Morgan fingerprint density at radius 1 is 1.16 bits per heavy atom. The summed E-state index contributed by atoms with van der Waals surface area (Å²) in [7, 11) is 1.84. The van der Waals surface area contributed by atoms with Crippen LogP contribution in [0, 0.1) is 6.92 Å². The molecule has 1 atom stereocenters. The molecule has 1 heterocycles. The molecular weight excluding hydrogens is 310 g/mol. The molecule has 1 aliphatic carbocycles. The number of hydrogen-bond acceptors (Lipinski definition) is 2. The number of fused-ring (bicyclic) bond motifs is 1. The monoisotopic (exact) mass is 333 g/mol. The molecule has 0 radical (unpaired) electrons. The van der Waals surface area contributed by atoms with Gasteiger partial charge in [0.05, 0.1) is 11.7 Å². The van der Waals surface area contributed by atoms with E-state index >= 15 is 0 Å². The molecule has 1 aliphatic rings. The lowest BCUT2D eigenvalue weighted by atomic mass is 10.0. The summed E-state index contributed by atoms with van der Waals surface area (Å²) in [4.78, 5) is 15.2. The van der Waals surface area contributed by atoms with Crippen LogP contribution in [0.25, 0.3) is 10.8 Å². The number of aromatic nitrogens is 2. The smallest absolute Gasteiger partial charge is 0.272 e. The highest BCUT2D eigenvalue weighted by Crippen LogP contribution is 2.36. The molecule has 1 saturated carbocycles. The lowest BCUT2D eigenvalue weighted by molar-refractivity contribution is 0.0662. The highest BCUT2D eigenvalue weighted by atomic mass is 16.2. The minimum Gasteiger partial charge on any atom is -0.328 e. The van der Waals surface area contributed by atoms with Crippen molar-refractivity contribution in [3.63, 3.8) is 0 Å². The first-order valence-electron chi connectivity index (χ1n) is 8.86. The van der Waals surface area contributed by atoms with Crippen molar-refractivity contribution in [2.75, 3.05) is 0 Å². The largest absolute Gasteiger partial charge is 0.328 e. The summed E-state index contributed by atoms with van der Waals surface area (Å²) in [6, 6.07) is 17.1. The maximum Gasteiger partial charge on any atom is 0.272 e. The number of nitrogens with zero attached hydrogens (tertiary/aromatic N) is 3. The zero-order valence-electron chi connectivity index (χ0n) is 14.9. The molecule has 128 valence electrons. The van der Waals surface area contributed by atoms with Gasteiger partial charge in [0.2, 0.25) is 0 Å². The zero-order valence-corrected chi connectivity index (χ0v) is 14.9. The van der Waals surface area contributed by atoms with Crippen molar-refractivity contribution >= 4 is 16.7 Å². The van der Waals surface area contributed by atoms with Crippen LogP contribution in [0.4, 0.5) is 0 Å². The molecule has 0 saturated heterocycles. The SMILES string of the molecule is Cc1cc(C(=O)N(C2CC2)C(C)c2ccc3ccccc3c2)n(C)n1. The molecule has 1 aromatic heterocycles. The van der Waals surface area contributed by atoms with E-state index in [1.807, 2.05) is 24.9 Å². The fraction of sp³-hybridized carbons (Fsp3) is 0.333. The van der Waals surface area contributed by atoms with Gasteiger partial charge in [0.1, 0.15) is 5.69 Å². The van der Waals surface area contributed by atoms with Crippen molar-refractivity contribution in [2.24, 2.45) is 7.05 Å². The van der Waals surface area contributed by atoms with Crippen LogP contribution < -0.4 is 0 Å². The lowest BCUT2D eigenvalue weighted by Gasteiger charge is -2.30. The summed E-state index contributed by atoms with van der Waals surface area (Å²) in [5.41, 5.74) is 2.72. The summed E-state index contributed by atoms with van der Waals surface area (Å²) in [5, 5.41) is 6.78. The summed E-state index contributed by atoms with van der Waals surface area (Å²) < 4.78 is 1.69. The summed E-state index contributed by atoms with van der Waals surface area (Å²) in [5.74, 6) is 0.0752. The van der Waals surface area contributed by atoms with Gasteiger partial charge in [0.25, 0.3) is 5.91 Å². The van der Waals surface area contributed by atoms with Crippen LogP contribution in [0.3, 0.4) is 0 Å². The summed E-state index contributed by atoms with van der Waals surface area (Å²) in [6.45, 7) is 4.05. The first-order valence-corrected chi connectivity index (χ1v) is 8.86. The van der Waals surface area contributed by atoms with Gasteiger partial charge in [-0.3, -0.25) is 9.48 Å². The van der Waals surface area contributed by atoms with Gasteiger partial charge >= 0.3 is 0 Å². The Bertz CT molecular complexity index is 939. The van der Waals surface area contributed by atoms with Crippen LogP contribution in [-0.4, -0.2) is 26.6 Å². The Morgan fingerprint density at radius 3 is 2.52 bits per heavy atom. The number of rotatable bonds is 4. The molecule has 4 heteroatoms. The standard InChI is InChI=1S/C21H23N3O/c1-14-12-20(23(3)22-14)21(25)24(19-10-11-19)15(2)17-9-8-16-6-4-5-7-18(16)13-17/h4-9,12-13,15,19H,10-11H2,1-3H3. The molecule has 1 amide bonds. The minimum atomic E-state index is 0.0415. The number of benzene rings is 2. The molecule has 0 N–H and O–H groups in total. The van der Waals surface area contributed by atoms with Crippen molar-refractivity contribution in [3.05, 3.63) is 65.5 Å². The van der Waals surface area contributed by atoms with Crippen LogP contribution >= 0.6 is 0 Å². The van der Waals surface area contributed by atoms with Gasteiger partial charge in [-0.1, -0.05) is 36.4 Å². The molecule has 4 nitrogen and oxygen atoms in total. The molecule has 1 unspecified atom stereocenters. The molecule has 0 spiro atoms. The van der Waals surface area contributed by atoms with E-state index in [4.69, 9.17) is 0 Å². The van der Waals surface area contributed by atoms with Gasteiger partial charge in [-0.25, -0.2) is 0 Å². The Hall–Kier alpha value is -2.62. The van der Waals surface area contributed by atoms with Crippen molar-refractivity contribution in [3.8, 4) is 0 Å². The lowest BCUT2D eigenvalue weighted by Crippen LogP contribution is -2.36. The van der Waals surface area contributed by atoms with Gasteiger partial charge in [-0.2, -0.15) is 5.10 Å². The highest BCUT2D eigenvalue weighted by molar-refractivity contribution is 5.93. The summed E-state index contributed by atoms with van der Waals surface area (Å²) in [6.07, 6.45) is 2.17. The van der Waals surface area contributed by atoms with Crippen LogP contribution in [-0.2, 0) is 7.05 Å².